The first-order valence-electron chi connectivity index (χ1n) is 6.70. The van der Waals surface area contributed by atoms with Crippen LogP contribution in [-0.2, 0) is 4.79 Å². The van der Waals surface area contributed by atoms with Gasteiger partial charge in [0.2, 0.25) is 0 Å². The van der Waals surface area contributed by atoms with Crippen molar-refractivity contribution >= 4 is 11.9 Å². The number of pyridine rings is 1. The fourth-order valence-electron chi connectivity index (χ4n) is 1.84. The van der Waals surface area contributed by atoms with Gasteiger partial charge in [0, 0.05) is 0 Å². The van der Waals surface area contributed by atoms with Crippen molar-refractivity contribution in [2.24, 2.45) is 0 Å². The lowest BCUT2D eigenvalue weighted by Crippen LogP contribution is -2.52. The first-order valence-corrected chi connectivity index (χ1v) is 6.70. The van der Waals surface area contributed by atoms with E-state index in [-0.39, 0.29) is 12.0 Å². The van der Waals surface area contributed by atoms with Crippen molar-refractivity contribution in [1.29, 1.82) is 0 Å². The topological polar surface area (TPSA) is 112 Å². The quantitative estimate of drug-likeness (QED) is 0.777. The van der Waals surface area contributed by atoms with E-state index in [4.69, 9.17) is 9.52 Å². The number of hydrogen-bond donors (Lipinski definition) is 3. The molecule has 0 saturated heterocycles. The maximum absolute atomic E-state index is 12.1. The molecule has 0 aliphatic heterocycles. The minimum Gasteiger partial charge on any atom is -0.480 e. The molecule has 7 heteroatoms. The van der Waals surface area contributed by atoms with Crippen LogP contribution in [0.2, 0.25) is 0 Å². The van der Waals surface area contributed by atoms with Gasteiger partial charge in [-0.2, -0.15) is 0 Å². The van der Waals surface area contributed by atoms with Crippen molar-refractivity contribution < 1.29 is 19.1 Å². The third kappa shape index (κ3) is 2.93. The summed E-state index contributed by atoms with van der Waals surface area (Å²) in [4.78, 5) is 37.9. The first kappa shape index (κ1) is 15.6. The molecule has 0 aliphatic rings. The Labute approximate surface area is 126 Å². The molecule has 2 aromatic rings. The number of H-pyrrole nitrogens is 1. The van der Waals surface area contributed by atoms with E-state index in [0.717, 1.165) is 0 Å². The van der Waals surface area contributed by atoms with Crippen LogP contribution in [-0.4, -0.2) is 27.5 Å². The predicted octanol–water partition coefficient (Wildman–Crippen LogP) is 1.62. The molecule has 0 radical (unpaired) electrons. The maximum atomic E-state index is 12.1. The summed E-state index contributed by atoms with van der Waals surface area (Å²) in [6.45, 7) is 3.03. The molecular formula is C15H16N2O5. The molecule has 1 amide bonds. The zero-order chi connectivity index (χ0) is 16.3. The second kappa shape index (κ2) is 5.88. The van der Waals surface area contributed by atoms with Crippen LogP contribution in [0.4, 0.5) is 0 Å². The van der Waals surface area contributed by atoms with Crippen LogP contribution in [0, 0.1) is 0 Å². The van der Waals surface area contributed by atoms with Gasteiger partial charge >= 0.3 is 5.97 Å². The number of nitrogens with one attached hydrogen (secondary N) is 2. The molecule has 0 spiro atoms. The van der Waals surface area contributed by atoms with E-state index < -0.39 is 23.0 Å². The highest BCUT2D eigenvalue weighted by Gasteiger charge is 2.33. The predicted molar refractivity (Wildman–Crippen MR) is 78.6 cm³/mol. The SMILES string of the molecule is CCC(C)(NC(=O)c1ccc(-c2ccco2)[nH]c1=O)C(=O)O. The van der Waals surface area contributed by atoms with E-state index in [1.807, 2.05) is 0 Å². The molecule has 1 atom stereocenters. The lowest BCUT2D eigenvalue weighted by molar-refractivity contribution is -0.143. The van der Waals surface area contributed by atoms with Crippen LogP contribution in [0.5, 0.6) is 0 Å². The molecule has 1 unspecified atom stereocenters. The highest BCUT2D eigenvalue weighted by atomic mass is 16.4. The molecule has 0 bridgehead atoms. The highest BCUT2D eigenvalue weighted by molar-refractivity contribution is 5.97. The van der Waals surface area contributed by atoms with E-state index in [1.165, 1.54) is 25.3 Å². The van der Waals surface area contributed by atoms with E-state index in [1.54, 1.807) is 19.1 Å². The van der Waals surface area contributed by atoms with Crippen LogP contribution >= 0.6 is 0 Å². The molecule has 3 N–H and O–H groups in total. The largest absolute Gasteiger partial charge is 0.480 e. The van der Waals surface area contributed by atoms with Gasteiger partial charge in [-0.15, -0.1) is 0 Å². The Morgan fingerprint density at radius 3 is 2.59 bits per heavy atom. The summed E-state index contributed by atoms with van der Waals surface area (Å²) in [5.74, 6) is -1.43. The zero-order valence-electron chi connectivity index (χ0n) is 12.2. The fourth-order valence-corrected chi connectivity index (χ4v) is 1.84. The van der Waals surface area contributed by atoms with Crippen LogP contribution in [0.3, 0.4) is 0 Å². The highest BCUT2D eigenvalue weighted by Crippen LogP contribution is 2.16. The second-order valence-electron chi connectivity index (χ2n) is 5.04. The monoisotopic (exact) mass is 304 g/mol. The number of aromatic amines is 1. The van der Waals surface area contributed by atoms with Gasteiger partial charge < -0.3 is 19.8 Å². The van der Waals surface area contributed by atoms with Crippen LogP contribution in [0.25, 0.3) is 11.5 Å². The number of furan rings is 1. The van der Waals surface area contributed by atoms with Crippen LogP contribution in [0.1, 0.15) is 30.6 Å². The summed E-state index contributed by atoms with van der Waals surface area (Å²) >= 11 is 0. The molecule has 2 aromatic heterocycles. The number of carboxylic acid groups (broad SMARTS) is 1. The second-order valence-corrected chi connectivity index (χ2v) is 5.04. The average Bonchev–Trinajstić information content (AvgIpc) is 3.00. The number of aromatic nitrogens is 1. The number of carbonyl (C=O) groups is 2. The fraction of sp³-hybridized carbons (Fsp3) is 0.267. The minimum absolute atomic E-state index is 0.156. The van der Waals surface area contributed by atoms with Crippen molar-refractivity contribution in [2.45, 2.75) is 25.8 Å². The van der Waals surface area contributed by atoms with Crippen molar-refractivity contribution in [1.82, 2.24) is 10.3 Å². The van der Waals surface area contributed by atoms with Gasteiger partial charge in [0.15, 0.2) is 0 Å². The normalized spacial score (nSPS) is 13.4. The third-order valence-electron chi connectivity index (χ3n) is 3.51. The molecule has 116 valence electrons. The minimum atomic E-state index is -1.43. The van der Waals surface area contributed by atoms with E-state index in [9.17, 15) is 14.4 Å². The van der Waals surface area contributed by atoms with Crippen LogP contribution in [0.15, 0.2) is 39.7 Å². The Balaban J connectivity index is 2.28. The number of hydrogen-bond acceptors (Lipinski definition) is 4. The zero-order valence-corrected chi connectivity index (χ0v) is 12.2. The summed E-state index contributed by atoms with van der Waals surface area (Å²) in [5.41, 5.74) is -1.77. The van der Waals surface area contributed by atoms with Crippen molar-refractivity contribution in [3.8, 4) is 11.5 Å². The smallest absolute Gasteiger partial charge is 0.329 e. The number of aliphatic carboxylic acids is 1. The molecule has 2 rings (SSSR count). The molecule has 0 fully saturated rings. The maximum Gasteiger partial charge on any atom is 0.329 e. The van der Waals surface area contributed by atoms with E-state index in [0.29, 0.717) is 11.5 Å². The number of amides is 1. The van der Waals surface area contributed by atoms with Gasteiger partial charge in [0.1, 0.15) is 16.9 Å². The Kier molecular flexibility index (Phi) is 4.16. The lowest BCUT2D eigenvalue weighted by Gasteiger charge is -2.24. The first-order chi connectivity index (χ1) is 10.4. The molecule has 7 nitrogen and oxygen atoms in total. The molecular weight excluding hydrogens is 288 g/mol. The summed E-state index contributed by atoms with van der Waals surface area (Å²) < 4.78 is 5.16. The molecule has 0 aromatic carbocycles. The average molecular weight is 304 g/mol. The van der Waals surface area contributed by atoms with Crippen LogP contribution < -0.4 is 10.9 Å². The molecule has 2 heterocycles. The Bertz CT molecular complexity index is 748. The van der Waals surface area contributed by atoms with Gasteiger partial charge in [-0.1, -0.05) is 6.92 Å². The van der Waals surface area contributed by atoms with Crippen molar-refractivity contribution in [3.05, 3.63) is 46.4 Å². The third-order valence-corrected chi connectivity index (χ3v) is 3.51. The lowest BCUT2D eigenvalue weighted by atomic mass is 9.98. The van der Waals surface area contributed by atoms with Gasteiger partial charge in [-0.05, 0) is 37.6 Å². The Morgan fingerprint density at radius 1 is 1.36 bits per heavy atom. The van der Waals surface area contributed by atoms with E-state index >= 15 is 0 Å². The number of carbonyl (C=O) groups excluding carboxylic acids is 1. The number of rotatable bonds is 5. The summed E-state index contributed by atoms with van der Waals surface area (Å²) in [6, 6.07) is 6.21. The van der Waals surface area contributed by atoms with E-state index in [2.05, 4.69) is 10.3 Å². The Morgan fingerprint density at radius 2 is 2.09 bits per heavy atom. The summed E-state index contributed by atoms with van der Waals surface area (Å²) in [5, 5.41) is 11.5. The Hall–Kier alpha value is -2.83. The van der Waals surface area contributed by atoms with Crippen molar-refractivity contribution in [2.75, 3.05) is 0 Å². The van der Waals surface area contributed by atoms with Gasteiger partial charge in [-0.3, -0.25) is 9.59 Å². The molecule has 0 aliphatic carbocycles. The molecule has 0 saturated carbocycles. The molecule has 22 heavy (non-hydrogen) atoms. The standard InChI is InChI=1S/C15H16N2O5/c1-3-15(2,14(20)21)17-13(19)9-6-7-10(16-12(9)18)11-5-4-8-22-11/h4-8H,3H2,1-2H3,(H,16,18)(H,17,19)(H,20,21). The summed E-state index contributed by atoms with van der Waals surface area (Å²) in [6.07, 6.45) is 1.66. The van der Waals surface area contributed by atoms with Gasteiger partial charge in [0.05, 0.1) is 12.0 Å². The van der Waals surface area contributed by atoms with Gasteiger partial charge in [0.25, 0.3) is 11.5 Å². The summed E-state index contributed by atoms with van der Waals surface area (Å²) in [7, 11) is 0. The number of carboxylic acids is 1. The van der Waals surface area contributed by atoms with Crippen molar-refractivity contribution in [3.63, 3.8) is 0 Å². The van der Waals surface area contributed by atoms with Gasteiger partial charge in [-0.25, -0.2) is 4.79 Å².